The van der Waals surface area contributed by atoms with Crippen LogP contribution in [0.2, 0.25) is 0 Å². The molecule has 8 heteroatoms. The lowest BCUT2D eigenvalue weighted by molar-refractivity contribution is -0.115. The van der Waals surface area contributed by atoms with Crippen molar-refractivity contribution in [1.29, 1.82) is 0 Å². The van der Waals surface area contributed by atoms with Crippen molar-refractivity contribution in [2.45, 2.75) is 71.6 Å². The second-order valence-corrected chi connectivity index (χ2v) is 13.4. The smallest absolute Gasteiger partial charge is 0.290 e. The minimum Gasteiger partial charge on any atom is -0.492 e. The van der Waals surface area contributed by atoms with E-state index >= 15 is 0 Å². The fourth-order valence-electron chi connectivity index (χ4n) is 6.49. The third kappa shape index (κ3) is 6.52. The number of hydrogen-bond acceptors (Lipinski definition) is 7. The summed E-state index contributed by atoms with van der Waals surface area (Å²) in [5.41, 5.74) is 6.51. The minimum absolute atomic E-state index is 0.285. The number of ether oxygens (including phenoxy) is 3. The lowest BCUT2D eigenvalue weighted by Gasteiger charge is -2.41. The van der Waals surface area contributed by atoms with Crippen LogP contribution in [0.15, 0.2) is 59.5 Å². The number of nitrogens with one attached hydrogen (secondary N) is 1. The van der Waals surface area contributed by atoms with Crippen LogP contribution in [0.1, 0.15) is 59.6 Å². The number of carbonyl (C=O) groups excluding carboxylic acids is 2. The van der Waals surface area contributed by atoms with E-state index in [1.54, 1.807) is 6.08 Å². The molecule has 3 aromatic carbocycles. The molecule has 3 aliphatic rings. The number of fused-ring (bicyclic) bond motifs is 1. The topological polar surface area (TPSA) is 77.1 Å². The summed E-state index contributed by atoms with van der Waals surface area (Å²) in [6.07, 6.45) is 5.87. The Balaban J connectivity index is 1.08. The maximum Gasteiger partial charge on any atom is 0.290 e. The summed E-state index contributed by atoms with van der Waals surface area (Å²) in [6.45, 7) is 11.8. The minimum atomic E-state index is -0.348. The van der Waals surface area contributed by atoms with Gasteiger partial charge in [-0.2, -0.15) is 0 Å². The second kappa shape index (κ2) is 12.7. The molecule has 2 amide bonds. The van der Waals surface area contributed by atoms with E-state index in [1.165, 1.54) is 16.7 Å². The largest absolute Gasteiger partial charge is 0.492 e. The zero-order chi connectivity index (χ0) is 30.8. The molecule has 0 unspecified atom stereocenters. The maximum absolute atomic E-state index is 11.8. The highest BCUT2D eigenvalue weighted by atomic mass is 32.2. The average molecular weight is 613 g/mol. The predicted molar refractivity (Wildman–Crippen MR) is 174 cm³/mol. The van der Waals surface area contributed by atoms with Gasteiger partial charge in [0.25, 0.3) is 11.1 Å². The molecule has 2 saturated heterocycles. The number of carbonyl (C=O) groups is 2. The van der Waals surface area contributed by atoms with Crippen LogP contribution >= 0.6 is 11.8 Å². The van der Waals surface area contributed by atoms with E-state index in [0.717, 1.165) is 84.5 Å². The van der Waals surface area contributed by atoms with Crippen LogP contribution in [0.4, 0.5) is 4.79 Å². The second-order valence-electron chi connectivity index (χ2n) is 12.3. The predicted octanol–water partition coefficient (Wildman–Crippen LogP) is 7.14. The van der Waals surface area contributed by atoms with E-state index in [4.69, 9.17) is 14.2 Å². The zero-order valence-corrected chi connectivity index (χ0v) is 26.7. The van der Waals surface area contributed by atoms with Gasteiger partial charge in [0.1, 0.15) is 36.1 Å². The van der Waals surface area contributed by atoms with Gasteiger partial charge in [0, 0.05) is 18.2 Å². The molecule has 230 valence electrons. The van der Waals surface area contributed by atoms with Crippen LogP contribution in [0.25, 0.3) is 6.08 Å². The Bertz CT molecular complexity index is 1590. The van der Waals surface area contributed by atoms with Crippen LogP contribution in [0.5, 0.6) is 17.2 Å². The molecule has 0 aliphatic carbocycles. The molecule has 2 atom stereocenters. The molecular formula is C36H40N2O5S. The Kier molecular flexibility index (Phi) is 8.74. The molecule has 6 rings (SSSR count). The molecule has 44 heavy (non-hydrogen) atoms. The number of amides is 2. The van der Waals surface area contributed by atoms with Gasteiger partial charge >= 0.3 is 0 Å². The monoisotopic (exact) mass is 612 g/mol. The molecule has 3 heterocycles. The van der Waals surface area contributed by atoms with Gasteiger partial charge in [-0.3, -0.25) is 19.8 Å². The van der Waals surface area contributed by atoms with Gasteiger partial charge in [-0.1, -0.05) is 42.5 Å². The molecule has 7 nitrogen and oxygen atoms in total. The normalized spacial score (nSPS) is 22.5. The van der Waals surface area contributed by atoms with Gasteiger partial charge in [0.15, 0.2) is 0 Å². The maximum atomic E-state index is 11.8. The number of imide groups is 1. The Labute approximate surface area is 264 Å². The molecule has 3 aliphatic heterocycles. The van der Waals surface area contributed by atoms with E-state index in [-0.39, 0.29) is 16.7 Å². The Hall–Kier alpha value is -3.75. The van der Waals surface area contributed by atoms with Crippen LogP contribution < -0.4 is 19.5 Å². The molecule has 0 spiro atoms. The number of rotatable bonds is 9. The van der Waals surface area contributed by atoms with Gasteiger partial charge < -0.3 is 14.2 Å². The number of nitrogens with zero attached hydrogens (tertiary/aromatic N) is 1. The Morgan fingerprint density at radius 2 is 1.80 bits per heavy atom. The van der Waals surface area contributed by atoms with Gasteiger partial charge in [-0.25, -0.2) is 0 Å². The number of hydrogen-bond donors (Lipinski definition) is 1. The summed E-state index contributed by atoms with van der Waals surface area (Å²) < 4.78 is 19.5. The molecule has 1 N–H and O–H groups in total. The number of benzene rings is 3. The highest BCUT2D eigenvalue weighted by Gasteiger charge is 2.39. The van der Waals surface area contributed by atoms with Gasteiger partial charge in [-0.05, 0) is 118 Å². The summed E-state index contributed by atoms with van der Waals surface area (Å²) >= 11 is 0.923. The quantitative estimate of drug-likeness (QED) is 0.257. The standard InChI is InChI=1S/C36H40N2O5S/c1-23-24(2)33-30(25(3)32(23)42-20-27-9-6-5-7-10-27)16-17-36(4,43-33)22-38-18-8-11-28(38)21-41-29-14-12-26(13-15-29)19-31-34(39)37-35(40)44-31/h5-7,9-10,12-15,19,28H,8,11,16-18,20-22H2,1-4H3,(H,37,39,40)/t28-,36-/m0/s1. The summed E-state index contributed by atoms with van der Waals surface area (Å²) in [7, 11) is 0. The van der Waals surface area contributed by atoms with Crippen LogP contribution in [-0.4, -0.2) is 47.4 Å². The van der Waals surface area contributed by atoms with Gasteiger partial charge in [0.05, 0.1) is 4.91 Å². The summed E-state index contributed by atoms with van der Waals surface area (Å²) in [4.78, 5) is 26.2. The third-order valence-corrected chi connectivity index (χ3v) is 9.90. The van der Waals surface area contributed by atoms with E-state index < -0.39 is 0 Å². The van der Waals surface area contributed by atoms with Crippen molar-refractivity contribution in [3.63, 3.8) is 0 Å². The molecule has 0 radical (unpaired) electrons. The first-order valence-electron chi connectivity index (χ1n) is 15.4. The highest BCUT2D eigenvalue weighted by Crippen LogP contribution is 2.44. The molecule has 2 fully saturated rings. The van der Waals surface area contributed by atoms with Gasteiger partial charge in [0.2, 0.25) is 0 Å². The van der Waals surface area contributed by atoms with Crippen molar-refractivity contribution >= 4 is 29.0 Å². The van der Waals surface area contributed by atoms with E-state index in [1.807, 2.05) is 42.5 Å². The van der Waals surface area contributed by atoms with E-state index in [0.29, 0.717) is 24.2 Å². The first-order chi connectivity index (χ1) is 21.2. The number of thioether (sulfide) groups is 1. The molecule has 0 aromatic heterocycles. The average Bonchev–Trinajstić information content (AvgIpc) is 3.59. The SMILES string of the molecule is Cc1c(C)c2c(c(C)c1OCc1ccccc1)CC[C@@](C)(CN1CCC[C@H]1COc1ccc(C=C3SC(=O)NC3=O)cc1)O2. The van der Waals surface area contributed by atoms with E-state index in [9.17, 15) is 9.59 Å². The first kappa shape index (κ1) is 30.3. The van der Waals surface area contributed by atoms with Crippen molar-refractivity contribution in [1.82, 2.24) is 10.2 Å². The van der Waals surface area contributed by atoms with Crippen LogP contribution in [-0.2, 0) is 17.8 Å². The lowest BCUT2D eigenvalue weighted by atomic mass is 9.86. The van der Waals surface area contributed by atoms with Crippen molar-refractivity contribution in [3.8, 4) is 17.2 Å². The Morgan fingerprint density at radius 1 is 1.02 bits per heavy atom. The first-order valence-corrected chi connectivity index (χ1v) is 16.2. The van der Waals surface area contributed by atoms with Crippen molar-refractivity contribution in [3.05, 3.63) is 92.9 Å². The number of likely N-dealkylation sites (tertiary alicyclic amines) is 1. The highest BCUT2D eigenvalue weighted by molar-refractivity contribution is 8.18. The molecule has 0 bridgehead atoms. The van der Waals surface area contributed by atoms with Gasteiger partial charge in [-0.15, -0.1) is 0 Å². The van der Waals surface area contributed by atoms with E-state index in [2.05, 4.69) is 50.0 Å². The molecular weight excluding hydrogens is 572 g/mol. The fraction of sp³-hybridized carbons (Fsp3) is 0.389. The summed E-state index contributed by atoms with van der Waals surface area (Å²) in [6, 6.07) is 18.3. The summed E-state index contributed by atoms with van der Waals surface area (Å²) in [5, 5.41) is 1.95. The Morgan fingerprint density at radius 3 is 2.52 bits per heavy atom. The van der Waals surface area contributed by atoms with Crippen molar-refractivity contribution in [2.24, 2.45) is 0 Å². The van der Waals surface area contributed by atoms with Crippen LogP contribution in [0.3, 0.4) is 0 Å². The molecule has 0 saturated carbocycles. The zero-order valence-electron chi connectivity index (χ0n) is 25.9. The fourth-order valence-corrected chi connectivity index (χ4v) is 7.17. The summed E-state index contributed by atoms with van der Waals surface area (Å²) in [5.74, 6) is 2.45. The van der Waals surface area contributed by atoms with Crippen molar-refractivity contribution in [2.75, 3.05) is 19.7 Å². The van der Waals surface area contributed by atoms with Crippen molar-refractivity contribution < 1.29 is 23.8 Å². The lowest BCUT2D eigenvalue weighted by Crippen LogP contribution is -2.50. The molecule has 3 aromatic rings. The third-order valence-electron chi connectivity index (χ3n) is 9.09. The van der Waals surface area contributed by atoms with Crippen LogP contribution in [0, 0.1) is 20.8 Å².